The van der Waals surface area contributed by atoms with Crippen molar-refractivity contribution < 1.29 is 4.79 Å². The first-order valence-electron chi connectivity index (χ1n) is 8.19. The van der Waals surface area contributed by atoms with E-state index in [4.69, 9.17) is 0 Å². The smallest absolute Gasteiger partial charge is 0.265 e. The van der Waals surface area contributed by atoms with Crippen LogP contribution in [0.5, 0.6) is 0 Å². The molecule has 3 rings (SSSR count). The quantitative estimate of drug-likeness (QED) is 0.706. The number of aromatic nitrogens is 3. The first-order chi connectivity index (χ1) is 11.9. The summed E-state index contributed by atoms with van der Waals surface area (Å²) in [7, 11) is 3.71. The van der Waals surface area contributed by atoms with Crippen LogP contribution in [-0.2, 0) is 20.0 Å². The predicted molar refractivity (Wildman–Crippen MR) is 99.8 cm³/mol. The first kappa shape index (κ1) is 17.4. The van der Waals surface area contributed by atoms with Gasteiger partial charge in [0.1, 0.15) is 4.88 Å². The number of aryl methyl sites for hydroxylation is 3. The van der Waals surface area contributed by atoms with E-state index in [9.17, 15) is 4.79 Å². The Balaban J connectivity index is 1.74. The molecule has 0 bridgehead atoms. The molecule has 0 N–H and O–H groups in total. The number of hydrogen-bond donors (Lipinski definition) is 0. The molecule has 2 aromatic heterocycles. The molecule has 0 saturated carbocycles. The molecule has 0 aliphatic carbocycles. The van der Waals surface area contributed by atoms with Crippen molar-refractivity contribution in [3.63, 3.8) is 0 Å². The normalized spacial score (nSPS) is 10.9. The largest absolute Gasteiger partial charge is 0.336 e. The zero-order chi connectivity index (χ0) is 18.0. The Labute approximate surface area is 151 Å². The van der Waals surface area contributed by atoms with Gasteiger partial charge in [0.15, 0.2) is 0 Å². The number of rotatable bonds is 5. The molecule has 6 heteroatoms. The maximum atomic E-state index is 12.8. The number of nitrogens with zero attached hydrogens (tertiary/aromatic N) is 4. The van der Waals surface area contributed by atoms with Gasteiger partial charge in [-0.25, -0.2) is 4.98 Å². The van der Waals surface area contributed by atoms with E-state index in [0.717, 1.165) is 33.3 Å². The fourth-order valence-corrected chi connectivity index (χ4v) is 3.89. The van der Waals surface area contributed by atoms with Crippen LogP contribution in [0.15, 0.2) is 36.5 Å². The molecule has 0 spiro atoms. The van der Waals surface area contributed by atoms with Crippen molar-refractivity contribution in [1.29, 1.82) is 0 Å². The zero-order valence-corrected chi connectivity index (χ0v) is 15.8. The zero-order valence-electron chi connectivity index (χ0n) is 15.0. The van der Waals surface area contributed by atoms with Gasteiger partial charge in [0.05, 0.1) is 16.4 Å². The highest BCUT2D eigenvalue weighted by Crippen LogP contribution is 2.23. The number of carbonyl (C=O) groups excluding carboxylic acids is 1. The molecular weight excluding hydrogens is 332 g/mol. The van der Waals surface area contributed by atoms with Crippen molar-refractivity contribution in [3.8, 4) is 0 Å². The van der Waals surface area contributed by atoms with Gasteiger partial charge in [-0.05, 0) is 19.4 Å². The van der Waals surface area contributed by atoms with Gasteiger partial charge >= 0.3 is 0 Å². The molecule has 5 nitrogen and oxygen atoms in total. The van der Waals surface area contributed by atoms with E-state index in [1.165, 1.54) is 16.9 Å². The lowest BCUT2D eigenvalue weighted by atomic mass is 10.2. The standard InChI is InChI=1S/C19H22N4OS/c1-13-16(12-23(4)21-13)11-22(3)19(24)18-14(2)20-17(25-18)10-15-8-6-5-7-9-15/h5-9,12H,10-11H2,1-4H3. The average Bonchev–Trinajstić information content (AvgIpc) is 3.09. The molecule has 0 atom stereocenters. The Morgan fingerprint density at radius 2 is 1.92 bits per heavy atom. The van der Waals surface area contributed by atoms with E-state index in [0.29, 0.717) is 6.54 Å². The highest BCUT2D eigenvalue weighted by molar-refractivity contribution is 7.13. The predicted octanol–water partition coefficient (Wildman–Crippen LogP) is 3.36. The monoisotopic (exact) mass is 354 g/mol. The van der Waals surface area contributed by atoms with Gasteiger partial charge in [-0.15, -0.1) is 11.3 Å². The second kappa shape index (κ2) is 7.19. The third-order valence-corrected chi connectivity index (χ3v) is 5.25. The maximum absolute atomic E-state index is 12.8. The summed E-state index contributed by atoms with van der Waals surface area (Å²) in [6, 6.07) is 10.2. The molecule has 0 fully saturated rings. The lowest BCUT2D eigenvalue weighted by molar-refractivity contribution is 0.0788. The van der Waals surface area contributed by atoms with E-state index in [2.05, 4.69) is 22.2 Å². The summed E-state index contributed by atoms with van der Waals surface area (Å²) in [6.07, 6.45) is 2.71. The van der Waals surface area contributed by atoms with Crippen LogP contribution in [0.3, 0.4) is 0 Å². The van der Waals surface area contributed by atoms with Crippen LogP contribution < -0.4 is 0 Å². The molecule has 0 unspecified atom stereocenters. The van der Waals surface area contributed by atoms with Crippen LogP contribution in [-0.4, -0.2) is 32.6 Å². The van der Waals surface area contributed by atoms with Gasteiger partial charge in [-0.1, -0.05) is 30.3 Å². The van der Waals surface area contributed by atoms with Gasteiger partial charge in [0, 0.05) is 38.8 Å². The van der Waals surface area contributed by atoms with Crippen LogP contribution in [0.2, 0.25) is 0 Å². The third kappa shape index (κ3) is 3.96. The Bertz CT molecular complexity index is 882. The topological polar surface area (TPSA) is 51.0 Å². The number of amides is 1. The fourth-order valence-electron chi connectivity index (χ4n) is 2.80. The van der Waals surface area contributed by atoms with Gasteiger partial charge in [0.25, 0.3) is 5.91 Å². The number of hydrogen-bond acceptors (Lipinski definition) is 4. The lowest BCUT2D eigenvalue weighted by Gasteiger charge is -2.16. The van der Waals surface area contributed by atoms with Crippen molar-refractivity contribution in [1.82, 2.24) is 19.7 Å². The van der Waals surface area contributed by atoms with E-state index >= 15 is 0 Å². The molecule has 1 amide bonds. The van der Waals surface area contributed by atoms with E-state index < -0.39 is 0 Å². The van der Waals surface area contributed by atoms with Crippen molar-refractivity contribution in [3.05, 3.63) is 68.9 Å². The van der Waals surface area contributed by atoms with Crippen molar-refractivity contribution in [2.45, 2.75) is 26.8 Å². The maximum Gasteiger partial charge on any atom is 0.265 e. The summed E-state index contributed by atoms with van der Waals surface area (Å²) >= 11 is 1.49. The molecule has 2 heterocycles. The van der Waals surface area contributed by atoms with Crippen molar-refractivity contribution in [2.75, 3.05) is 7.05 Å². The molecule has 130 valence electrons. The minimum Gasteiger partial charge on any atom is -0.336 e. The third-order valence-electron chi connectivity index (χ3n) is 4.10. The summed E-state index contributed by atoms with van der Waals surface area (Å²) in [4.78, 5) is 19.9. The van der Waals surface area contributed by atoms with Gasteiger partial charge < -0.3 is 4.90 Å². The highest BCUT2D eigenvalue weighted by atomic mass is 32.1. The van der Waals surface area contributed by atoms with Gasteiger partial charge in [0.2, 0.25) is 0 Å². The SMILES string of the molecule is Cc1nn(C)cc1CN(C)C(=O)c1sc(Cc2ccccc2)nc1C. The van der Waals surface area contributed by atoms with Crippen LogP contribution in [0.4, 0.5) is 0 Å². The Hall–Kier alpha value is -2.47. The summed E-state index contributed by atoms with van der Waals surface area (Å²) in [5.41, 5.74) is 4.02. The second-order valence-electron chi connectivity index (χ2n) is 6.26. The molecule has 0 radical (unpaired) electrons. The van der Waals surface area contributed by atoms with E-state index in [-0.39, 0.29) is 5.91 Å². The summed E-state index contributed by atoms with van der Waals surface area (Å²) in [5, 5.41) is 5.30. The first-order valence-corrected chi connectivity index (χ1v) is 9.00. The van der Waals surface area contributed by atoms with Crippen LogP contribution in [0, 0.1) is 13.8 Å². The lowest BCUT2D eigenvalue weighted by Crippen LogP contribution is -2.26. The fraction of sp³-hybridized carbons (Fsp3) is 0.316. The van der Waals surface area contributed by atoms with E-state index in [1.54, 1.807) is 9.58 Å². The summed E-state index contributed by atoms with van der Waals surface area (Å²) in [6.45, 7) is 4.41. The van der Waals surface area contributed by atoms with Crippen LogP contribution in [0.1, 0.15) is 37.2 Å². The Morgan fingerprint density at radius 1 is 1.20 bits per heavy atom. The number of thiazole rings is 1. The van der Waals surface area contributed by atoms with Crippen LogP contribution in [0.25, 0.3) is 0 Å². The average molecular weight is 354 g/mol. The molecular formula is C19H22N4OS. The van der Waals surface area contributed by atoms with Crippen molar-refractivity contribution >= 4 is 17.2 Å². The highest BCUT2D eigenvalue weighted by Gasteiger charge is 2.20. The van der Waals surface area contributed by atoms with Crippen molar-refractivity contribution in [2.24, 2.45) is 7.05 Å². The molecule has 3 aromatic rings. The molecule has 0 aliphatic heterocycles. The summed E-state index contributed by atoms with van der Waals surface area (Å²) < 4.78 is 1.78. The van der Waals surface area contributed by atoms with Gasteiger partial charge in [-0.2, -0.15) is 5.10 Å². The van der Waals surface area contributed by atoms with E-state index in [1.807, 2.05) is 52.3 Å². The van der Waals surface area contributed by atoms with Gasteiger partial charge in [-0.3, -0.25) is 9.48 Å². The molecule has 25 heavy (non-hydrogen) atoms. The Kier molecular flexibility index (Phi) is 4.99. The number of benzene rings is 1. The molecule has 1 aromatic carbocycles. The summed E-state index contributed by atoms with van der Waals surface area (Å²) in [5.74, 6) is 0.0116. The second-order valence-corrected chi connectivity index (χ2v) is 7.34. The number of carbonyl (C=O) groups is 1. The molecule has 0 saturated heterocycles. The Morgan fingerprint density at radius 3 is 2.56 bits per heavy atom. The molecule has 0 aliphatic rings. The van der Waals surface area contributed by atoms with Crippen LogP contribution >= 0.6 is 11.3 Å². The minimum atomic E-state index is 0.0116. The minimum absolute atomic E-state index is 0.0116.